The van der Waals surface area contributed by atoms with Gasteiger partial charge in [-0.05, 0) is 68.8 Å². The van der Waals surface area contributed by atoms with Crippen molar-refractivity contribution in [1.29, 1.82) is 0 Å². The third-order valence-corrected chi connectivity index (χ3v) is 9.46. The molecule has 2 aromatic rings. The molecule has 2 fully saturated rings. The number of likely N-dealkylation sites (tertiary alicyclic amines) is 1. The monoisotopic (exact) mass is 601 g/mol. The summed E-state index contributed by atoms with van der Waals surface area (Å²) in [6.45, 7) is 6.30. The van der Waals surface area contributed by atoms with Gasteiger partial charge in [0.25, 0.3) is 5.91 Å². The van der Waals surface area contributed by atoms with E-state index in [9.17, 15) is 19.5 Å². The van der Waals surface area contributed by atoms with Gasteiger partial charge in [-0.1, -0.05) is 31.2 Å². The van der Waals surface area contributed by atoms with Crippen molar-refractivity contribution in [2.45, 2.75) is 50.5 Å². The minimum absolute atomic E-state index is 0.245. The van der Waals surface area contributed by atoms with Gasteiger partial charge in [0.05, 0.1) is 43.8 Å². The minimum atomic E-state index is -1.42. The summed E-state index contributed by atoms with van der Waals surface area (Å²) in [5.74, 6) is -1.47. The molecule has 4 aliphatic rings. The molecule has 0 bridgehead atoms. The fraction of sp³-hybridized carbons (Fsp3) is 0.441. The van der Waals surface area contributed by atoms with Crippen LogP contribution in [-0.2, 0) is 19.1 Å². The molecule has 4 heterocycles. The molecule has 2 aromatic carbocycles. The molecule has 232 valence electrons. The van der Waals surface area contributed by atoms with E-state index in [2.05, 4.69) is 0 Å². The molecule has 6 atom stereocenters. The number of rotatable bonds is 8. The first-order valence-corrected chi connectivity index (χ1v) is 15.2. The predicted molar refractivity (Wildman–Crippen MR) is 165 cm³/mol. The summed E-state index contributed by atoms with van der Waals surface area (Å²) in [7, 11) is 1.58. The van der Waals surface area contributed by atoms with Gasteiger partial charge in [0.1, 0.15) is 23.1 Å². The number of carbonyl (C=O) groups is 3. The van der Waals surface area contributed by atoms with Crippen molar-refractivity contribution in [2.75, 3.05) is 43.2 Å². The molecule has 1 spiro atoms. The lowest BCUT2D eigenvalue weighted by Gasteiger charge is -2.40. The van der Waals surface area contributed by atoms with E-state index in [0.29, 0.717) is 42.4 Å². The molecular weight excluding hydrogens is 562 g/mol. The maximum absolute atomic E-state index is 14.6. The van der Waals surface area contributed by atoms with Crippen LogP contribution in [0.1, 0.15) is 27.2 Å². The molecule has 0 saturated carbocycles. The average molecular weight is 602 g/mol. The van der Waals surface area contributed by atoms with Gasteiger partial charge in [0, 0.05) is 24.5 Å². The van der Waals surface area contributed by atoms with E-state index in [1.807, 2.05) is 62.4 Å². The van der Waals surface area contributed by atoms with Gasteiger partial charge in [-0.3, -0.25) is 14.4 Å². The van der Waals surface area contributed by atoms with E-state index in [4.69, 9.17) is 14.2 Å². The number of nitrogens with zero attached hydrogens (tertiary/aromatic N) is 3. The molecule has 6 rings (SSSR count). The third-order valence-electron chi connectivity index (χ3n) is 9.46. The number of aliphatic hydroxyl groups excluding tert-OH is 1. The molecule has 10 nitrogen and oxygen atoms in total. The van der Waals surface area contributed by atoms with Crippen molar-refractivity contribution in [3.8, 4) is 11.5 Å². The molecule has 0 aliphatic carbocycles. The summed E-state index contributed by atoms with van der Waals surface area (Å²) in [6, 6.07) is 12.7. The molecular formula is C34H39N3O7. The van der Waals surface area contributed by atoms with Crippen molar-refractivity contribution in [3.05, 3.63) is 72.8 Å². The van der Waals surface area contributed by atoms with E-state index >= 15 is 0 Å². The fourth-order valence-corrected chi connectivity index (χ4v) is 7.38. The number of anilines is 2. The molecule has 44 heavy (non-hydrogen) atoms. The number of ether oxygens (including phenoxy) is 3. The molecule has 4 aliphatic heterocycles. The summed E-state index contributed by atoms with van der Waals surface area (Å²) in [6.07, 6.45) is 7.92. The van der Waals surface area contributed by atoms with Crippen LogP contribution < -0.4 is 19.3 Å². The Morgan fingerprint density at radius 3 is 2.02 bits per heavy atom. The van der Waals surface area contributed by atoms with Crippen molar-refractivity contribution >= 4 is 29.1 Å². The van der Waals surface area contributed by atoms with E-state index < -0.39 is 35.1 Å². The molecule has 1 unspecified atom stereocenters. The lowest BCUT2D eigenvalue weighted by molar-refractivity contribution is -0.148. The van der Waals surface area contributed by atoms with Crippen molar-refractivity contribution in [3.63, 3.8) is 0 Å². The highest BCUT2D eigenvalue weighted by atomic mass is 16.5. The molecule has 1 N–H and O–H groups in total. The highest BCUT2D eigenvalue weighted by Gasteiger charge is 2.75. The normalized spacial score (nSPS) is 30.1. The van der Waals surface area contributed by atoms with Gasteiger partial charge in [-0.15, -0.1) is 0 Å². The summed E-state index contributed by atoms with van der Waals surface area (Å²) in [5.41, 5.74) is -1.21. The van der Waals surface area contributed by atoms with Crippen molar-refractivity contribution in [2.24, 2.45) is 11.8 Å². The smallest absolute Gasteiger partial charge is 0.253 e. The van der Waals surface area contributed by atoms with E-state index in [0.717, 1.165) is 0 Å². The van der Waals surface area contributed by atoms with E-state index in [-0.39, 0.29) is 30.9 Å². The number of carbonyl (C=O) groups excluding carboxylic acids is 3. The number of amides is 3. The second kappa shape index (κ2) is 11.4. The van der Waals surface area contributed by atoms with Crippen LogP contribution in [-0.4, -0.2) is 84.4 Å². The Morgan fingerprint density at radius 1 is 0.864 bits per heavy atom. The first-order chi connectivity index (χ1) is 21.2. The van der Waals surface area contributed by atoms with Crippen LogP contribution >= 0.6 is 0 Å². The topological polar surface area (TPSA) is 109 Å². The Hall–Kier alpha value is -4.15. The number of methoxy groups -OCH3 is 1. The van der Waals surface area contributed by atoms with Gasteiger partial charge >= 0.3 is 0 Å². The standard InChI is InChI=1S/C34H39N3O7/c1-5-33-17-7-19-35(23-11-15-26(16-12-23)43-6-2)30(39)27(33)28-31(40)37(22(3)21-38)29-32(41)36(20-8-18-34(28,29)44-33)24-9-13-25(42-4)14-10-24/h7-18,22,27-29,38H,5-6,19-21H2,1-4H3/t22-,27-,28+,29?,33+,34+/m1/s1. The maximum Gasteiger partial charge on any atom is 0.253 e. The first-order valence-electron chi connectivity index (χ1n) is 15.2. The van der Waals surface area contributed by atoms with Crippen LogP contribution in [0.25, 0.3) is 0 Å². The highest BCUT2D eigenvalue weighted by molar-refractivity contribution is 6.07. The maximum atomic E-state index is 14.6. The number of hydrogen-bond acceptors (Lipinski definition) is 7. The fourth-order valence-electron chi connectivity index (χ4n) is 7.38. The average Bonchev–Trinajstić information content (AvgIpc) is 3.34. The summed E-state index contributed by atoms with van der Waals surface area (Å²) >= 11 is 0. The zero-order chi connectivity index (χ0) is 31.2. The predicted octanol–water partition coefficient (Wildman–Crippen LogP) is 3.34. The molecule has 10 heteroatoms. The zero-order valence-corrected chi connectivity index (χ0v) is 25.5. The Balaban J connectivity index is 1.45. The second-order valence-corrected chi connectivity index (χ2v) is 11.7. The largest absolute Gasteiger partial charge is 0.497 e. The van der Waals surface area contributed by atoms with Crippen LogP contribution in [0.15, 0.2) is 72.8 Å². The number of fused-ring (bicyclic) bond motifs is 2. The molecule has 0 radical (unpaired) electrons. The van der Waals surface area contributed by atoms with Gasteiger partial charge in [0.2, 0.25) is 11.8 Å². The molecule has 3 amide bonds. The SMILES string of the molecule is CCOc1ccc(N2CC=C[C@]3(CC)O[C@]45C=CCN(c6ccc(OC)cc6)C(=O)C4N([C@H](C)CO)C(=O)[C@@H]5[C@@H]3C2=O)cc1. The lowest BCUT2D eigenvalue weighted by atomic mass is 9.73. The third kappa shape index (κ3) is 4.42. The van der Waals surface area contributed by atoms with Gasteiger partial charge in [-0.25, -0.2) is 0 Å². The van der Waals surface area contributed by atoms with Crippen LogP contribution in [0, 0.1) is 11.8 Å². The number of benzene rings is 2. The van der Waals surface area contributed by atoms with Gasteiger partial charge in [0.15, 0.2) is 0 Å². The lowest BCUT2D eigenvalue weighted by Crippen LogP contribution is -2.58. The van der Waals surface area contributed by atoms with Gasteiger partial charge < -0.3 is 34.0 Å². The Kier molecular flexibility index (Phi) is 7.75. The molecule has 2 saturated heterocycles. The van der Waals surface area contributed by atoms with Crippen LogP contribution in [0.2, 0.25) is 0 Å². The van der Waals surface area contributed by atoms with Crippen molar-refractivity contribution < 1.29 is 33.7 Å². The Labute approximate surface area is 257 Å². The Bertz CT molecular complexity index is 1490. The number of aliphatic hydroxyl groups is 1. The van der Waals surface area contributed by atoms with Crippen molar-refractivity contribution in [1.82, 2.24) is 4.90 Å². The van der Waals surface area contributed by atoms with Crippen LogP contribution in [0.4, 0.5) is 11.4 Å². The zero-order valence-electron chi connectivity index (χ0n) is 25.5. The van der Waals surface area contributed by atoms with E-state index in [1.54, 1.807) is 48.1 Å². The summed E-state index contributed by atoms with van der Waals surface area (Å²) < 4.78 is 17.9. The van der Waals surface area contributed by atoms with Crippen LogP contribution in [0.3, 0.4) is 0 Å². The van der Waals surface area contributed by atoms with Gasteiger partial charge in [-0.2, -0.15) is 0 Å². The summed E-state index contributed by atoms with van der Waals surface area (Å²) in [4.78, 5) is 48.5. The summed E-state index contributed by atoms with van der Waals surface area (Å²) in [5, 5.41) is 10.3. The number of hydrogen-bond donors (Lipinski definition) is 1. The highest BCUT2D eigenvalue weighted by Crippen LogP contribution is 2.59. The molecule has 0 aromatic heterocycles. The minimum Gasteiger partial charge on any atom is -0.497 e. The second-order valence-electron chi connectivity index (χ2n) is 11.7. The first kappa shape index (κ1) is 29.9. The van der Waals surface area contributed by atoms with Crippen LogP contribution in [0.5, 0.6) is 11.5 Å². The Morgan fingerprint density at radius 2 is 1.45 bits per heavy atom. The quantitative estimate of drug-likeness (QED) is 0.463. The van der Waals surface area contributed by atoms with E-state index in [1.165, 1.54) is 4.90 Å².